The zero-order chi connectivity index (χ0) is 25.4. The number of amides is 1. The maximum Gasteiger partial charge on any atom is 0.269 e. The number of carbonyl (C=O) groups is 1. The fraction of sp³-hybridized carbons (Fsp3) is 0.360. The van der Waals surface area contributed by atoms with Crippen molar-refractivity contribution in [3.8, 4) is 0 Å². The number of halogens is 4. The lowest BCUT2D eigenvalue weighted by molar-refractivity contribution is -0.0221. The molecule has 190 valence electrons. The third-order valence-corrected chi connectivity index (χ3v) is 6.69. The van der Waals surface area contributed by atoms with E-state index in [1.807, 2.05) is 4.90 Å². The standard InChI is InChI=1S/C25H25F4N5O2/c26-22(27)15-3-8-33(9-4-15)19-14-17(30)1-2-18(19)24(35)32-20-13-16-5-12-36-21(16)23(31-20)34-10-6-25(28,29)7-11-34/h1-2,5,12-14H,3-4,6-11,30H2,(H,31,32,35). The van der Waals surface area contributed by atoms with Crippen LogP contribution in [0.15, 0.2) is 52.7 Å². The van der Waals surface area contributed by atoms with Gasteiger partial charge in [0, 0.05) is 50.1 Å². The molecule has 2 saturated heterocycles. The summed E-state index contributed by atoms with van der Waals surface area (Å²) in [5, 5.41) is 3.47. The molecular weight excluding hydrogens is 478 g/mol. The second-order valence-corrected chi connectivity index (χ2v) is 9.09. The van der Waals surface area contributed by atoms with Crippen LogP contribution in [0.1, 0.15) is 36.0 Å². The van der Waals surface area contributed by atoms with Gasteiger partial charge >= 0.3 is 0 Å². The average Bonchev–Trinajstić information content (AvgIpc) is 3.32. The average molecular weight is 504 g/mol. The highest BCUT2D eigenvalue weighted by molar-refractivity contribution is 6.09. The Morgan fingerprint density at radius 1 is 1.03 bits per heavy atom. The molecule has 0 unspecified atom stereocenters. The zero-order valence-electron chi connectivity index (χ0n) is 19.4. The number of fused-ring (bicyclic) bond motifs is 1. The molecule has 11 heteroatoms. The van der Waals surface area contributed by atoms with Gasteiger partial charge in [-0.3, -0.25) is 4.79 Å². The van der Waals surface area contributed by atoms with E-state index >= 15 is 0 Å². The minimum atomic E-state index is -2.71. The predicted molar refractivity (Wildman–Crippen MR) is 130 cm³/mol. The number of hydrogen-bond acceptors (Lipinski definition) is 6. The van der Waals surface area contributed by atoms with Gasteiger partial charge in [0.05, 0.1) is 17.5 Å². The second-order valence-electron chi connectivity index (χ2n) is 9.09. The van der Waals surface area contributed by atoms with Gasteiger partial charge in [-0.2, -0.15) is 8.78 Å². The fourth-order valence-electron chi connectivity index (χ4n) is 4.68. The highest BCUT2D eigenvalue weighted by atomic mass is 19.3. The number of alkyl halides is 2. The van der Waals surface area contributed by atoms with Crippen molar-refractivity contribution in [1.29, 1.82) is 0 Å². The number of furan rings is 1. The smallest absolute Gasteiger partial charge is 0.269 e. The van der Waals surface area contributed by atoms with E-state index in [4.69, 9.17) is 10.2 Å². The molecule has 7 nitrogen and oxygen atoms in total. The summed E-state index contributed by atoms with van der Waals surface area (Å²) in [6, 6.07) is 8.21. The van der Waals surface area contributed by atoms with Crippen molar-refractivity contribution in [2.45, 2.75) is 31.6 Å². The van der Waals surface area contributed by atoms with Gasteiger partial charge in [-0.1, -0.05) is 0 Å². The van der Waals surface area contributed by atoms with E-state index in [1.165, 1.54) is 6.26 Å². The topological polar surface area (TPSA) is 87.6 Å². The van der Waals surface area contributed by atoms with E-state index in [0.29, 0.717) is 46.8 Å². The van der Waals surface area contributed by atoms with Crippen molar-refractivity contribution in [2.24, 2.45) is 0 Å². The van der Waals surface area contributed by atoms with E-state index in [-0.39, 0.29) is 50.2 Å². The second kappa shape index (κ2) is 9.36. The van der Waals surface area contributed by atoms with Crippen molar-refractivity contribution >= 4 is 39.9 Å². The number of rotatable bonds is 4. The van der Waals surface area contributed by atoms with Crippen LogP contribution in [0.5, 0.6) is 0 Å². The molecule has 0 spiro atoms. The summed E-state index contributed by atoms with van der Waals surface area (Å²) in [7, 11) is 0. The fourth-order valence-corrected chi connectivity index (χ4v) is 4.68. The molecule has 4 heterocycles. The summed E-state index contributed by atoms with van der Waals surface area (Å²) < 4.78 is 58.9. The van der Waals surface area contributed by atoms with Crippen LogP contribution in [-0.4, -0.2) is 43.0 Å². The van der Waals surface area contributed by atoms with Gasteiger partial charge in [0.15, 0.2) is 11.4 Å². The molecule has 1 aromatic carbocycles. The monoisotopic (exact) mass is 503 g/mol. The first-order chi connectivity index (χ1) is 17.2. The number of piperidine rings is 2. The molecule has 5 rings (SSSR count). The normalized spacial score (nSPS) is 17.9. The Balaban J connectivity index is 1.41. The van der Waals surface area contributed by atoms with E-state index in [0.717, 1.165) is 0 Å². The summed E-state index contributed by atoms with van der Waals surface area (Å²) in [6.07, 6.45) is -0.334. The minimum absolute atomic E-state index is 0.111. The molecular formula is C25H25F4N5O2. The van der Waals surface area contributed by atoms with Crippen LogP contribution in [0.25, 0.3) is 11.0 Å². The van der Waals surface area contributed by atoms with Gasteiger partial charge < -0.3 is 25.3 Å². The van der Waals surface area contributed by atoms with Crippen molar-refractivity contribution in [3.05, 3.63) is 53.8 Å². The van der Waals surface area contributed by atoms with E-state index < -0.39 is 17.9 Å². The molecule has 0 bridgehead atoms. The predicted octanol–water partition coefficient (Wildman–Crippen LogP) is 5.65. The third kappa shape index (κ3) is 4.82. The molecule has 3 aromatic rings. The lowest BCUT2D eigenvalue weighted by atomic mass is 10.0. The number of nitrogens with one attached hydrogen (secondary N) is 1. The Kier molecular flexibility index (Phi) is 6.23. The highest BCUT2D eigenvalue weighted by Crippen LogP contribution is 2.35. The molecule has 2 fully saturated rings. The number of nitrogens with zero attached hydrogens (tertiary/aromatic N) is 3. The summed E-state index contributed by atoms with van der Waals surface area (Å²) in [4.78, 5) is 21.4. The molecule has 1 amide bonds. The van der Waals surface area contributed by atoms with Crippen LogP contribution in [0, 0.1) is 0 Å². The number of benzene rings is 1. The van der Waals surface area contributed by atoms with Gasteiger partial charge in [0.2, 0.25) is 0 Å². The molecule has 3 N–H and O–H groups in total. The molecule has 2 aromatic heterocycles. The van der Waals surface area contributed by atoms with Crippen molar-refractivity contribution in [3.63, 3.8) is 0 Å². The Morgan fingerprint density at radius 3 is 2.44 bits per heavy atom. The number of carbonyl (C=O) groups excluding carboxylic acids is 1. The molecule has 0 radical (unpaired) electrons. The Labute approximate surface area is 204 Å². The van der Waals surface area contributed by atoms with Gasteiger partial charge in [-0.05, 0) is 48.7 Å². The van der Waals surface area contributed by atoms with Crippen LogP contribution in [0.3, 0.4) is 0 Å². The number of nitrogen functional groups attached to an aromatic ring is 1. The SMILES string of the molecule is Nc1ccc(C(=O)Nc2cc3ccoc3c(N3CCC(F)(F)CC3)n2)c(N2CCC(=C(F)F)CC2)c1. The number of hydrogen-bond donors (Lipinski definition) is 2. The van der Waals surface area contributed by atoms with Crippen LogP contribution < -0.4 is 20.9 Å². The van der Waals surface area contributed by atoms with Crippen LogP contribution in [0.4, 0.5) is 40.6 Å². The van der Waals surface area contributed by atoms with Crippen LogP contribution in [0.2, 0.25) is 0 Å². The van der Waals surface area contributed by atoms with Gasteiger partial charge in [-0.15, -0.1) is 0 Å². The van der Waals surface area contributed by atoms with E-state index in [9.17, 15) is 22.4 Å². The van der Waals surface area contributed by atoms with E-state index in [2.05, 4.69) is 10.3 Å². The first kappa shape index (κ1) is 24.0. The number of anilines is 4. The molecule has 0 aliphatic carbocycles. The Morgan fingerprint density at radius 2 is 1.75 bits per heavy atom. The highest BCUT2D eigenvalue weighted by Gasteiger charge is 2.35. The Hall–Kier alpha value is -3.76. The van der Waals surface area contributed by atoms with Gasteiger partial charge in [-0.25, -0.2) is 13.8 Å². The van der Waals surface area contributed by atoms with E-state index in [1.54, 1.807) is 35.2 Å². The molecule has 36 heavy (non-hydrogen) atoms. The quantitative estimate of drug-likeness (QED) is 0.354. The number of aromatic nitrogens is 1. The lowest BCUT2D eigenvalue weighted by Crippen LogP contribution is -2.39. The number of nitrogens with two attached hydrogens (primary N) is 1. The largest absolute Gasteiger partial charge is 0.460 e. The maximum absolute atomic E-state index is 13.7. The van der Waals surface area contributed by atoms with Gasteiger partial charge in [0.25, 0.3) is 17.9 Å². The van der Waals surface area contributed by atoms with Crippen molar-refractivity contribution < 1.29 is 26.8 Å². The zero-order valence-corrected chi connectivity index (χ0v) is 19.4. The summed E-state index contributed by atoms with van der Waals surface area (Å²) in [5.41, 5.74) is 7.87. The Bertz CT molecular complexity index is 1320. The number of pyridine rings is 1. The summed E-state index contributed by atoms with van der Waals surface area (Å²) in [6.45, 7) is 0.888. The first-order valence-electron chi connectivity index (χ1n) is 11.7. The summed E-state index contributed by atoms with van der Waals surface area (Å²) >= 11 is 0. The third-order valence-electron chi connectivity index (χ3n) is 6.69. The maximum atomic E-state index is 13.7. The molecule has 0 saturated carbocycles. The molecule has 2 aliphatic heterocycles. The molecule has 2 aliphatic rings. The van der Waals surface area contributed by atoms with Crippen LogP contribution in [-0.2, 0) is 0 Å². The van der Waals surface area contributed by atoms with Crippen molar-refractivity contribution in [2.75, 3.05) is 47.0 Å². The van der Waals surface area contributed by atoms with Crippen molar-refractivity contribution in [1.82, 2.24) is 4.98 Å². The first-order valence-corrected chi connectivity index (χ1v) is 11.7. The minimum Gasteiger partial charge on any atom is -0.460 e. The lowest BCUT2D eigenvalue weighted by Gasteiger charge is -2.32. The van der Waals surface area contributed by atoms with Crippen LogP contribution >= 0.6 is 0 Å². The molecule has 0 atom stereocenters. The van der Waals surface area contributed by atoms with Gasteiger partial charge in [0.1, 0.15) is 5.82 Å². The summed E-state index contributed by atoms with van der Waals surface area (Å²) in [5.74, 6) is -2.52.